The molecule has 2 aliphatic heterocycles. The van der Waals surface area contributed by atoms with Crippen molar-refractivity contribution in [1.82, 2.24) is 40.3 Å². The summed E-state index contributed by atoms with van der Waals surface area (Å²) in [7, 11) is 0. The van der Waals surface area contributed by atoms with Gasteiger partial charge < -0.3 is 37.4 Å². The Morgan fingerprint density at radius 3 is 1.82 bits per heavy atom. The first-order valence-corrected chi connectivity index (χ1v) is 24.3. The van der Waals surface area contributed by atoms with Gasteiger partial charge in [-0.1, -0.05) is 96.1 Å². The Morgan fingerprint density at radius 1 is 0.708 bits per heavy atom. The minimum Gasteiger partial charge on any atom is -0.395 e. The van der Waals surface area contributed by atoms with Crippen molar-refractivity contribution < 1.29 is 5.11 Å². The number of pyridine rings is 2. The number of aliphatic hydroxyl groups excluding tert-OH is 1. The van der Waals surface area contributed by atoms with E-state index >= 15 is 0 Å². The summed E-state index contributed by atoms with van der Waals surface area (Å²) in [4.78, 5) is 23.3. The van der Waals surface area contributed by atoms with Gasteiger partial charge in [0.15, 0.2) is 0 Å². The average Bonchev–Trinajstić information content (AvgIpc) is 3.76. The number of nitrogens with two attached hydrogens (primary N) is 3. The Bertz CT molecular complexity index is 2610. The van der Waals surface area contributed by atoms with Crippen LogP contribution in [0.1, 0.15) is 72.5 Å². The van der Waals surface area contributed by atoms with Crippen LogP contribution >= 0.6 is 46.7 Å². The summed E-state index contributed by atoms with van der Waals surface area (Å²) < 4.78 is 0. The number of halogens is 2. The fourth-order valence-corrected chi connectivity index (χ4v) is 11.7. The lowest BCUT2D eigenvalue weighted by atomic mass is 9.73. The normalized spacial score (nSPS) is 19.2. The lowest BCUT2D eigenvalue weighted by Gasteiger charge is -2.42. The molecule has 2 atom stereocenters. The Hall–Kier alpha value is -4.88. The fraction of sp³-hybridized carbons (Fsp3) is 0.391. The number of hydrogen-bond donors (Lipinski definition) is 5. The van der Waals surface area contributed by atoms with Crippen LogP contribution in [0.3, 0.4) is 0 Å². The number of piperidine rings is 2. The number of benzene rings is 2. The average molecular weight is 952 g/mol. The first kappa shape index (κ1) is 45.3. The Morgan fingerprint density at radius 2 is 1.26 bits per heavy atom. The molecule has 2 spiro atoms. The number of hydrogen-bond acceptors (Lipinski definition) is 17. The highest BCUT2D eigenvalue weighted by Gasteiger charge is 2.47. The van der Waals surface area contributed by atoms with E-state index in [0.717, 1.165) is 80.9 Å². The molecule has 2 saturated heterocycles. The summed E-state index contributed by atoms with van der Waals surface area (Å²) in [6.45, 7) is 6.06. The van der Waals surface area contributed by atoms with Crippen LogP contribution in [0.15, 0.2) is 99.2 Å². The smallest absolute Gasteiger partial charge is 0.245 e. The predicted molar refractivity (Wildman–Crippen MR) is 258 cm³/mol. The van der Waals surface area contributed by atoms with Gasteiger partial charge in [-0.25, -0.2) is 19.9 Å². The first-order chi connectivity index (χ1) is 31.6. The molecule has 0 saturated carbocycles. The van der Waals surface area contributed by atoms with E-state index in [1.165, 1.54) is 51.3 Å². The molecule has 4 aliphatic rings. The molecular formula is C46H52Cl2N14OS2. The number of nitrogens with one attached hydrogen (secondary N) is 1. The molecule has 10 rings (SSSR count). The lowest BCUT2D eigenvalue weighted by Crippen LogP contribution is -2.45. The number of nitrogen functional groups attached to an aromatic ring is 1. The van der Waals surface area contributed by atoms with Crippen LogP contribution < -0.4 is 32.3 Å². The van der Waals surface area contributed by atoms with Gasteiger partial charge in [0, 0.05) is 67.0 Å². The van der Waals surface area contributed by atoms with Crippen LogP contribution in [0.25, 0.3) is 0 Å². The minimum absolute atomic E-state index is 0.00271. The van der Waals surface area contributed by atoms with Crippen LogP contribution in [0.5, 0.6) is 0 Å². The summed E-state index contributed by atoms with van der Waals surface area (Å²) in [5.41, 5.74) is 26.3. The van der Waals surface area contributed by atoms with E-state index in [-0.39, 0.29) is 29.5 Å². The molecule has 15 nitrogen and oxygen atoms in total. The number of rotatable bonds is 10. The van der Waals surface area contributed by atoms with Crippen molar-refractivity contribution in [3.05, 3.63) is 117 Å². The maximum absolute atomic E-state index is 9.00. The van der Waals surface area contributed by atoms with E-state index in [1.54, 1.807) is 30.9 Å². The van der Waals surface area contributed by atoms with Crippen molar-refractivity contribution in [3.8, 4) is 0 Å². The van der Waals surface area contributed by atoms with Crippen molar-refractivity contribution in [2.24, 2.45) is 22.3 Å². The van der Waals surface area contributed by atoms with E-state index in [2.05, 4.69) is 105 Å². The number of aryl methyl sites for hydroxylation is 1. The molecule has 2 aromatic carbocycles. The second-order valence-corrected chi connectivity index (χ2v) is 20.0. The maximum atomic E-state index is 9.00. The van der Waals surface area contributed by atoms with E-state index in [1.807, 2.05) is 6.07 Å². The standard InChI is InChI=1S/C23H26ClN7OS.C23H26ClN7S/c24-19-17(5-8-26-21(19)27-9-12-32)33-18-14-28-22(30-29-18)31-10-6-23(7-11-31)13-15-3-1-2-4-16(15)20(23)25;1-2-14-3-4-15-12-23(20(25)16(15)11-14)6-9-31(10-7-23)22-28-13-18(29-30-22)32-17-5-8-27-21(26)19(17)24/h1-5,8,14,20,32H,6-7,9-13,25H2,(H,26,27);3-5,8,11,13,20H,2,6-7,9-10,12,25H2,1H3,(H2,26,27)/t2*20-/m11/s1. The second-order valence-electron chi connectivity index (χ2n) is 17.1. The van der Waals surface area contributed by atoms with Gasteiger partial charge >= 0.3 is 0 Å². The second kappa shape index (κ2) is 19.5. The quantitative estimate of drug-likeness (QED) is 0.0904. The number of aliphatic hydroxyl groups is 1. The van der Waals surface area contributed by atoms with Crippen LogP contribution in [0.2, 0.25) is 10.0 Å². The minimum atomic E-state index is 0.00271. The van der Waals surface area contributed by atoms with Gasteiger partial charge in [0.1, 0.15) is 21.7 Å². The molecule has 2 aliphatic carbocycles. The molecule has 8 N–H and O–H groups in total. The van der Waals surface area contributed by atoms with Gasteiger partial charge in [-0.15, -0.1) is 20.4 Å². The largest absolute Gasteiger partial charge is 0.395 e. The molecule has 0 bridgehead atoms. The summed E-state index contributed by atoms with van der Waals surface area (Å²) >= 11 is 15.4. The first-order valence-electron chi connectivity index (χ1n) is 21.9. The summed E-state index contributed by atoms with van der Waals surface area (Å²) in [5, 5.41) is 31.7. The summed E-state index contributed by atoms with van der Waals surface area (Å²) in [6, 6.07) is 19.2. The summed E-state index contributed by atoms with van der Waals surface area (Å²) in [5.74, 6) is 2.13. The Balaban J connectivity index is 0.000000164. The number of fused-ring (bicyclic) bond motifs is 2. The zero-order valence-electron chi connectivity index (χ0n) is 36.1. The van der Waals surface area contributed by atoms with Gasteiger partial charge in [0.25, 0.3) is 0 Å². The molecule has 19 heteroatoms. The third-order valence-electron chi connectivity index (χ3n) is 13.5. The van der Waals surface area contributed by atoms with Crippen molar-refractivity contribution in [1.29, 1.82) is 0 Å². The fourth-order valence-electron chi connectivity index (χ4n) is 9.68. The number of nitrogens with zero attached hydrogens (tertiary/aromatic N) is 10. The molecule has 2 fully saturated rings. The van der Waals surface area contributed by atoms with Gasteiger partial charge in [-0.2, -0.15) is 0 Å². The number of anilines is 4. The van der Waals surface area contributed by atoms with Gasteiger partial charge in [-0.05, 0) is 95.7 Å². The molecule has 0 unspecified atom stereocenters. The highest BCUT2D eigenvalue weighted by molar-refractivity contribution is 7.99. The van der Waals surface area contributed by atoms with Gasteiger partial charge in [0.05, 0.1) is 29.0 Å². The van der Waals surface area contributed by atoms with E-state index in [4.69, 9.17) is 45.5 Å². The maximum Gasteiger partial charge on any atom is 0.245 e. The SMILES string of the molecule is CCc1ccc2c(c1)[C@@H](N)C1(CCN(c3ncc(Sc4ccnc(N)c4Cl)nn3)CC1)C2.N[C@@H]1c2ccccc2CC12CCN(c1ncc(Sc3ccnc(NCCO)c3Cl)nn1)CC2. The predicted octanol–water partition coefficient (Wildman–Crippen LogP) is 7.38. The van der Waals surface area contributed by atoms with Crippen LogP contribution in [-0.4, -0.2) is 84.8 Å². The van der Waals surface area contributed by atoms with Gasteiger partial charge in [0.2, 0.25) is 11.9 Å². The monoisotopic (exact) mass is 950 g/mol. The highest BCUT2D eigenvalue weighted by Crippen LogP contribution is 2.52. The van der Waals surface area contributed by atoms with Crippen LogP contribution in [-0.2, 0) is 19.3 Å². The lowest BCUT2D eigenvalue weighted by molar-refractivity contribution is 0.186. The van der Waals surface area contributed by atoms with Crippen molar-refractivity contribution in [2.75, 3.05) is 60.2 Å². The molecule has 6 aromatic rings. The van der Waals surface area contributed by atoms with Crippen LogP contribution in [0.4, 0.5) is 23.5 Å². The Labute approximate surface area is 397 Å². The third-order valence-corrected chi connectivity index (χ3v) is 16.4. The van der Waals surface area contributed by atoms with E-state index < -0.39 is 0 Å². The topological polar surface area (TPSA) is 220 Å². The van der Waals surface area contributed by atoms with Crippen molar-refractivity contribution in [3.63, 3.8) is 0 Å². The zero-order chi connectivity index (χ0) is 45.1. The van der Waals surface area contributed by atoms with Gasteiger partial charge in [-0.3, -0.25) is 0 Å². The van der Waals surface area contributed by atoms with Crippen LogP contribution in [0, 0.1) is 10.8 Å². The van der Waals surface area contributed by atoms with E-state index in [9.17, 15) is 0 Å². The van der Waals surface area contributed by atoms with E-state index in [0.29, 0.717) is 50.2 Å². The summed E-state index contributed by atoms with van der Waals surface area (Å²) in [6.07, 6.45) is 14.0. The third kappa shape index (κ3) is 9.42. The molecule has 0 amide bonds. The highest BCUT2D eigenvalue weighted by atomic mass is 35.5. The van der Waals surface area contributed by atoms with Crippen molar-refractivity contribution in [2.45, 2.75) is 83.8 Å². The molecular weight excluding hydrogens is 900 g/mol. The molecule has 4 aromatic heterocycles. The number of aromatic nitrogens is 8. The zero-order valence-corrected chi connectivity index (χ0v) is 39.2. The van der Waals surface area contributed by atoms with Crippen molar-refractivity contribution >= 4 is 70.3 Å². The molecule has 338 valence electrons. The molecule has 0 radical (unpaired) electrons. The Kier molecular flexibility index (Phi) is 13.6. The molecule has 6 heterocycles. The molecule has 65 heavy (non-hydrogen) atoms.